The molecule has 2 heterocycles. The molecule has 0 aliphatic carbocycles. The number of anilines is 2. The van der Waals surface area contributed by atoms with Gasteiger partial charge in [0.05, 0.1) is 26.5 Å². The number of sulfonamides is 1. The van der Waals surface area contributed by atoms with Gasteiger partial charge < -0.3 is 19.2 Å². The topological polar surface area (TPSA) is 98.1 Å². The molecule has 1 aliphatic rings. The lowest BCUT2D eigenvalue weighted by atomic mass is 10.0. The molecule has 6 rings (SSSR count). The van der Waals surface area contributed by atoms with E-state index in [2.05, 4.69) is 5.32 Å². The van der Waals surface area contributed by atoms with E-state index in [0.717, 1.165) is 15.1 Å². The smallest absolute Gasteiger partial charge is 0.270 e. The van der Waals surface area contributed by atoms with Gasteiger partial charge in [0.2, 0.25) is 0 Å². The monoisotopic (exact) mass is 572 g/mol. The first-order chi connectivity index (χ1) is 19.7. The molecule has 1 amide bonds. The van der Waals surface area contributed by atoms with Gasteiger partial charge in [-0.15, -0.1) is 0 Å². The Labute approximate surface area is 235 Å². The van der Waals surface area contributed by atoms with Gasteiger partial charge in [-0.25, -0.2) is 12.8 Å². The summed E-state index contributed by atoms with van der Waals surface area (Å²) in [6.45, 7) is 1.21. The summed E-state index contributed by atoms with van der Waals surface area (Å²) in [4.78, 5) is 13.3. The average Bonchev–Trinajstić information content (AvgIpc) is 3.33. The molecule has 1 aromatic heterocycles. The highest BCUT2D eigenvalue weighted by Crippen LogP contribution is 2.46. The Bertz CT molecular complexity index is 2000. The zero-order valence-corrected chi connectivity index (χ0v) is 23.2. The van der Waals surface area contributed by atoms with E-state index < -0.39 is 26.7 Å². The fraction of sp³-hybridized carbons (Fsp3) is 0.129. The number of rotatable bonds is 6. The molecule has 10 heteroatoms. The summed E-state index contributed by atoms with van der Waals surface area (Å²) in [5.74, 6) is -0.760. The number of nitrogens with zero attached hydrogens (tertiary/aromatic N) is 1. The first kappa shape index (κ1) is 26.4. The number of benzene rings is 4. The predicted octanol–water partition coefficient (Wildman–Crippen LogP) is 6.46. The van der Waals surface area contributed by atoms with Crippen LogP contribution in [-0.2, 0) is 21.4 Å². The van der Waals surface area contributed by atoms with Crippen LogP contribution in [0, 0.1) is 5.82 Å². The van der Waals surface area contributed by atoms with Crippen LogP contribution in [0.25, 0.3) is 27.5 Å². The Morgan fingerprint density at radius 2 is 1.59 bits per heavy atom. The molecule has 1 aliphatic heterocycles. The van der Waals surface area contributed by atoms with Gasteiger partial charge in [0.25, 0.3) is 15.9 Å². The van der Waals surface area contributed by atoms with Gasteiger partial charge in [-0.05, 0) is 42.8 Å². The Morgan fingerprint density at radius 1 is 0.902 bits per heavy atom. The lowest BCUT2D eigenvalue weighted by Gasteiger charge is -2.33. The fourth-order valence-corrected chi connectivity index (χ4v) is 6.88. The predicted molar refractivity (Wildman–Crippen MR) is 156 cm³/mol. The van der Waals surface area contributed by atoms with E-state index in [9.17, 15) is 17.6 Å². The molecule has 4 aromatic carbocycles. The van der Waals surface area contributed by atoms with Crippen LogP contribution in [0.3, 0.4) is 0 Å². The molecule has 5 aromatic rings. The number of nitrogens with one attached hydrogen (secondary N) is 1. The van der Waals surface area contributed by atoms with Gasteiger partial charge in [0.15, 0.2) is 16.4 Å². The van der Waals surface area contributed by atoms with E-state index in [1.165, 1.54) is 38.5 Å². The average molecular weight is 573 g/mol. The summed E-state index contributed by atoms with van der Waals surface area (Å²) in [6, 6.07) is 21.7. The number of carbonyl (C=O) groups is 1. The van der Waals surface area contributed by atoms with Crippen molar-refractivity contribution < 1.29 is 31.5 Å². The number of fused-ring (bicyclic) bond motifs is 4. The van der Waals surface area contributed by atoms with Crippen molar-refractivity contribution in [1.29, 1.82) is 0 Å². The Morgan fingerprint density at radius 3 is 2.34 bits per heavy atom. The summed E-state index contributed by atoms with van der Waals surface area (Å²) in [6.07, 6.45) is 0. The second-order valence-corrected chi connectivity index (χ2v) is 11.3. The van der Waals surface area contributed by atoms with Crippen molar-refractivity contribution in [1.82, 2.24) is 0 Å². The summed E-state index contributed by atoms with van der Waals surface area (Å²) in [7, 11) is -1.56. The SMILES string of the molecule is COc1cc2c(cc1OC)N(Cc1ccccc1F)S(=O)(=O)C(C(=O)Nc1ccc3c(c1)oc1ccccc13)=C2C. The van der Waals surface area contributed by atoms with Crippen molar-refractivity contribution in [3.05, 3.63) is 101 Å². The molecular formula is C31H25FN2O6S. The summed E-state index contributed by atoms with van der Waals surface area (Å²) in [5, 5.41) is 4.51. The standard InChI is InChI=1S/C31H25FN2O6S/c1-18-23-15-28(38-2)29(39-3)16-25(23)34(17-19-8-4-6-10-24(19)32)41(36,37)30(18)31(35)33-20-12-13-22-21-9-5-7-11-26(21)40-27(22)14-20/h4-16H,17H2,1-3H3,(H,33,35). The summed E-state index contributed by atoms with van der Waals surface area (Å²) >= 11 is 0. The number of amides is 1. The maximum absolute atomic E-state index is 14.7. The third-order valence-corrected chi connectivity index (χ3v) is 9.09. The lowest BCUT2D eigenvalue weighted by molar-refractivity contribution is -0.112. The molecule has 0 saturated carbocycles. The number of halogens is 1. The third-order valence-electron chi connectivity index (χ3n) is 7.18. The summed E-state index contributed by atoms with van der Waals surface area (Å²) in [5.41, 5.74) is 2.64. The van der Waals surface area contributed by atoms with E-state index in [4.69, 9.17) is 13.9 Å². The van der Waals surface area contributed by atoms with Crippen molar-refractivity contribution in [3.8, 4) is 11.5 Å². The Balaban J connectivity index is 1.46. The Hall–Kier alpha value is -4.83. The highest BCUT2D eigenvalue weighted by Gasteiger charge is 2.40. The van der Waals surface area contributed by atoms with Crippen LogP contribution < -0.4 is 19.1 Å². The number of methoxy groups -OCH3 is 2. The fourth-order valence-electron chi connectivity index (χ4n) is 5.16. The molecule has 0 atom stereocenters. The van der Waals surface area contributed by atoms with Gasteiger partial charge in [0, 0.05) is 39.7 Å². The van der Waals surface area contributed by atoms with Crippen LogP contribution in [0.4, 0.5) is 15.8 Å². The molecule has 0 bridgehead atoms. The van der Waals surface area contributed by atoms with Gasteiger partial charge in [-0.3, -0.25) is 9.10 Å². The molecule has 41 heavy (non-hydrogen) atoms. The molecule has 0 spiro atoms. The molecule has 208 valence electrons. The minimum Gasteiger partial charge on any atom is -0.493 e. The number of para-hydroxylation sites is 1. The zero-order chi connectivity index (χ0) is 28.9. The van der Waals surface area contributed by atoms with Crippen molar-refractivity contribution in [3.63, 3.8) is 0 Å². The lowest BCUT2D eigenvalue weighted by Crippen LogP contribution is -2.39. The van der Waals surface area contributed by atoms with Gasteiger partial charge in [-0.2, -0.15) is 0 Å². The quantitative estimate of drug-likeness (QED) is 0.251. The minimum absolute atomic E-state index is 0.145. The van der Waals surface area contributed by atoms with Crippen molar-refractivity contribution in [2.45, 2.75) is 13.5 Å². The number of hydrogen-bond donors (Lipinski definition) is 1. The van der Waals surface area contributed by atoms with Crippen molar-refractivity contribution >= 4 is 54.8 Å². The van der Waals surface area contributed by atoms with Crippen LogP contribution in [-0.4, -0.2) is 28.5 Å². The number of carbonyl (C=O) groups excluding carboxylic acids is 1. The van der Waals surface area contributed by atoms with Gasteiger partial charge in [0.1, 0.15) is 17.0 Å². The van der Waals surface area contributed by atoms with E-state index in [1.54, 1.807) is 31.2 Å². The van der Waals surface area contributed by atoms with Crippen molar-refractivity contribution in [2.75, 3.05) is 23.8 Å². The van der Waals surface area contributed by atoms with Crippen LogP contribution in [0.1, 0.15) is 18.1 Å². The van der Waals surface area contributed by atoms with Gasteiger partial charge >= 0.3 is 0 Å². The van der Waals surface area contributed by atoms with Crippen LogP contribution >= 0.6 is 0 Å². The number of hydrogen-bond acceptors (Lipinski definition) is 6. The van der Waals surface area contributed by atoms with Crippen LogP contribution in [0.15, 0.2) is 88.2 Å². The number of furan rings is 1. The third kappa shape index (κ3) is 4.36. The number of ether oxygens (including phenoxy) is 2. The highest BCUT2D eigenvalue weighted by molar-refractivity contribution is 7.97. The molecule has 0 saturated heterocycles. The van der Waals surface area contributed by atoms with Gasteiger partial charge in [-0.1, -0.05) is 36.4 Å². The van der Waals surface area contributed by atoms with Crippen molar-refractivity contribution in [2.24, 2.45) is 0 Å². The molecular weight excluding hydrogens is 547 g/mol. The second-order valence-electron chi connectivity index (χ2n) is 9.54. The molecule has 0 radical (unpaired) electrons. The molecule has 1 N–H and O–H groups in total. The van der Waals surface area contributed by atoms with E-state index in [-0.39, 0.29) is 23.4 Å². The number of allylic oxidation sites excluding steroid dienone is 1. The normalized spacial score (nSPS) is 14.3. The Kier molecular flexibility index (Phi) is 6.42. The van der Waals surface area contributed by atoms with Crippen LogP contribution in [0.2, 0.25) is 0 Å². The maximum Gasteiger partial charge on any atom is 0.270 e. The zero-order valence-electron chi connectivity index (χ0n) is 22.4. The first-order valence-corrected chi connectivity index (χ1v) is 14.1. The second kappa shape index (κ2) is 9.97. The van der Waals surface area contributed by atoms with E-state index >= 15 is 0 Å². The minimum atomic E-state index is -4.45. The van der Waals surface area contributed by atoms with E-state index in [1.807, 2.05) is 30.3 Å². The maximum atomic E-state index is 14.7. The van der Waals surface area contributed by atoms with Crippen LogP contribution in [0.5, 0.6) is 11.5 Å². The van der Waals surface area contributed by atoms with E-state index in [0.29, 0.717) is 33.9 Å². The largest absolute Gasteiger partial charge is 0.493 e. The summed E-state index contributed by atoms with van der Waals surface area (Å²) < 4.78 is 60.7. The first-order valence-electron chi connectivity index (χ1n) is 12.7. The molecule has 0 fully saturated rings. The highest BCUT2D eigenvalue weighted by atomic mass is 32.2. The molecule has 8 nitrogen and oxygen atoms in total. The molecule has 0 unspecified atom stereocenters.